The highest BCUT2D eigenvalue weighted by molar-refractivity contribution is 5.72. The Hall–Kier alpha value is -1.87. The first-order valence-corrected chi connectivity index (χ1v) is 9.52. The van der Waals surface area contributed by atoms with Gasteiger partial charge in [0.25, 0.3) is 0 Å². The van der Waals surface area contributed by atoms with Crippen molar-refractivity contribution in [2.45, 2.75) is 44.4 Å². The van der Waals surface area contributed by atoms with Gasteiger partial charge >= 0.3 is 5.97 Å². The number of benzene rings is 1. The van der Waals surface area contributed by atoms with Gasteiger partial charge in [-0.05, 0) is 55.2 Å². The maximum absolute atomic E-state index is 11.9. The molecule has 4 rings (SSSR count). The second-order valence-electron chi connectivity index (χ2n) is 7.93. The minimum atomic E-state index is -0.657. The molecule has 2 atom stereocenters. The predicted octanol–water partition coefficient (Wildman–Crippen LogP) is 4.25. The summed E-state index contributed by atoms with van der Waals surface area (Å²) in [6.07, 6.45) is 11.3. The lowest BCUT2D eigenvalue weighted by molar-refractivity contribution is -0.141. The fourth-order valence-corrected chi connectivity index (χ4v) is 4.44. The molecule has 0 aromatic heterocycles. The third kappa shape index (κ3) is 3.57. The second-order valence-corrected chi connectivity index (χ2v) is 7.93. The lowest BCUT2D eigenvalue weighted by Gasteiger charge is -2.20. The van der Waals surface area contributed by atoms with Gasteiger partial charge in [0.05, 0.1) is 5.92 Å². The van der Waals surface area contributed by atoms with Crippen molar-refractivity contribution in [1.29, 1.82) is 0 Å². The Labute approximate surface area is 150 Å². The molecule has 3 aliphatic rings. The summed E-state index contributed by atoms with van der Waals surface area (Å²) in [6, 6.07) is 6.73. The Balaban J connectivity index is 1.53. The number of aryl methyl sites for hydroxylation is 1. The van der Waals surface area contributed by atoms with Crippen molar-refractivity contribution < 1.29 is 9.90 Å². The summed E-state index contributed by atoms with van der Waals surface area (Å²) in [5, 5.41) is 9.76. The van der Waals surface area contributed by atoms with Gasteiger partial charge < -0.3 is 5.11 Å². The van der Waals surface area contributed by atoms with E-state index < -0.39 is 5.97 Å². The van der Waals surface area contributed by atoms with Crippen LogP contribution in [0.3, 0.4) is 0 Å². The molecule has 0 spiro atoms. The maximum Gasteiger partial charge on any atom is 0.308 e. The van der Waals surface area contributed by atoms with Crippen molar-refractivity contribution in [2.75, 3.05) is 19.6 Å². The number of carbonyl (C=O) groups is 1. The van der Waals surface area contributed by atoms with Gasteiger partial charge in [-0.25, -0.2) is 0 Å². The van der Waals surface area contributed by atoms with E-state index >= 15 is 0 Å². The van der Waals surface area contributed by atoms with Crippen LogP contribution in [0.25, 0.3) is 0 Å². The predicted molar refractivity (Wildman–Crippen MR) is 99.9 cm³/mol. The third-order valence-electron chi connectivity index (χ3n) is 5.98. The zero-order chi connectivity index (χ0) is 17.4. The zero-order valence-corrected chi connectivity index (χ0v) is 14.9. The Kier molecular flexibility index (Phi) is 4.51. The van der Waals surface area contributed by atoms with Crippen LogP contribution in [-0.4, -0.2) is 35.6 Å². The normalized spacial score (nSPS) is 26.7. The van der Waals surface area contributed by atoms with Gasteiger partial charge in [-0.3, -0.25) is 9.69 Å². The maximum atomic E-state index is 11.9. The number of likely N-dealkylation sites (tertiary alicyclic amines) is 1. The fraction of sp³-hybridized carbons (Fsp3) is 0.500. The molecule has 1 saturated carbocycles. The van der Waals surface area contributed by atoms with Crippen LogP contribution < -0.4 is 0 Å². The SMILES string of the molecule is Cc1cc(C2CC2)ccc1[C@H]1CN(CC2=CC=CCC2)C[C@@H]1C(=O)O. The number of nitrogens with zero attached hydrogens (tertiary/aromatic N) is 1. The van der Waals surface area contributed by atoms with Crippen LogP contribution in [-0.2, 0) is 4.79 Å². The summed E-state index contributed by atoms with van der Waals surface area (Å²) in [4.78, 5) is 14.2. The number of hydrogen-bond donors (Lipinski definition) is 1. The molecule has 132 valence electrons. The van der Waals surface area contributed by atoms with E-state index in [9.17, 15) is 9.90 Å². The summed E-state index contributed by atoms with van der Waals surface area (Å²) in [7, 11) is 0. The molecule has 1 aliphatic heterocycles. The number of aliphatic carboxylic acids is 1. The van der Waals surface area contributed by atoms with E-state index in [2.05, 4.69) is 48.3 Å². The molecule has 0 unspecified atom stereocenters. The van der Waals surface area contributed by atoms with Gasteiger partial charge in [-0.1, -0.05) is 42.0 Å². The Morgan fingerprint density at radius 2 is 2.12 bits per heavy atom. The standard InChI is InChI=1S/C22H27NO2/c1-15-11-18(17-7-8-17)9-10-19(15)20-13-23(14-21(20)22(24)25)12-16-5-3-2-4-6-16/h2-3,5,9-11,17,20-21H,4,6-8,12-14H2,1H3,(H,24,25)/t20-,21+/m1/s1. The van der Waals surface area contributed by atoms with E-state index in [1.165, 1.54) is 35.1 Å². The molecular weight excluding hydrogens is 310 g/mol. The lowest BCUT2D eigenvalue weighted by Crippen LogP contribution is -2.25. The largest absolute Gasteiger partial charge is 0.481 e. The molecule has 0 amide bonds. The molecule has 1 aromatic carbocycles. The van der Waals surface area contributed by atoms with Crippen molar-refractivity contribution in [3.63, 3.8) is 0 Å². The molecular formula is C22H27NO2. The van der Waals surface area contributed by atoms with E-state index in [1.807, 2.05) is 0 Å². The van der Waals surface area contributed by atoms with E-state index in [0.29, 0.717) is 6.54 Å². The smallest absolute Gasteiger partial charge is 0.308 e. The van der Waals surface area contributed by atoms with Gasteiger partial charge in [-0.2, -0.15) is 0 Å². The minimum Gasteiger partial charge on any atom is -0.481 e. The third-order valence-corrected chi connectivity index (χ3v) is 5.98. The number of allylic oxidation sites excluding steroid dienone is 3. The van der Waals surface area contributed by atoms with Gasteiger partial charge in [-0.15, -0.1) is 0 Å². The van der Waals surface area contributed by atoms with Crippen LogP contribution in [0.1, 0.15) is 54.2 Å². The molecule has 2 aliphatic carbocycles. The van der Waals surface area contributed by atoms with Gasteiger partial charge in [0.2, 0.25) is 0 Å². The summed E-state index contributed by atoms with van der Waals surface area (Å²) >= 11 is 0. The van der Waals surface area contributed by atoms with Crippen LogP contribution in [0.2, 0.25) is 0 Å². The van der Waals surface area contributed by atoms with Crippen molar-refractivity contribution in [3.05, 3.63) is 58.7 Å². The number of rotatable bonds is 5. The Bertz CT molecular complexity index is 730. The van der Waals surface area contributed by atoms with Gasteiger partial charge in [0.15, 0.2) is 0 Å². The average molecular weight is 337 g/mol. The van der Waals surface area contributed by atoms with Crippen LogP contribution in [0.15, 0.2) is 42.0 Å². The molecule has 1 N–H and O–H groups in total. The highest BCUT2D eigenvalue weighted by atomic mass is 16.4. The molecule has 1 heterocycles. The van der Waals surface area contributed by atoms with Crippen LogP contribution in [0.4, 0.5) is 0 Å². The minimum absolute atomic E-state index is 0.102. The first-order chi connectivity index (χ1) is 12.1. The lowest BCUT2D eigenvalue weighted by atomic mass is 9.85. The molecule has 1 saturated heterocycles. The van der Waals surface area contributed by atoms with E-state index in [0.717, 1.165) is 31.8 Å². The van der Waals surface area contributed by atoms with Crippen LogP contribution in [0, 0.1) is 12.8 Å². The van der Waals surface area contributed by atoms with Crippen molar-refractivity contribution in [3.8, 4) is 0 Å². The van der Waals surface area contributed by atoms with Crippen molar-refractivity contribution in [2.24, 2.45) is 5.92 Å². The number of carboxylic acid groups (broad SMARTS) is 1. The molecule has 0 bridgehead atoms. The zero-order valence-electron chi connectivity index (χ0n) is 14.9. The average Bonchev–Trinajstić information content (AvgIpc) is 3.37. The van der Waals surface area contributed by atoms with E-state index in [-0.39, 0.29) is 11.8 Å². The summed E-state index contributed by atoms with van der Waals surface area (Å²) < 4.78 is 0. The number of hydrogen-bond acceptors (Lipinski definition) is 2. The molecule has 2 fully saturated rings. The summed E-state index contributed by atoms with van der Waals surface area (Å²) in [6.45, 7) is 4.56. The van der Waals surface area contributed by atoms with Crippen molar-refractivity contribution in [1.82, 2.24) is 4.90 Å². The van der Waals surface area contributed by atoms with Crippen LogP contribution in [0.5, 0.6) is 0 Å². The first-order valence-electron chi connectivity index (χ1n) is 9.52. The highest BCUT2D eigenvalue weighted by Gasteiger charge is 2.39. The van der Waals surface area contributed by atoms with Crippen LogP contribution >= 0.6 is 0 Å². The fourth-order valence-electron chi connectivity index (χ4n) is 4.44. The van der Waals surface area contributed by atoms with E-state index in [1.54, 1.807) is 0 Å². The first kappa shape index (κ1) is 16.6. The number of carboxylic acids is 1. The van der Waals surface area contributed by atoms with Crippen molar-refractivity contribution >= 4 is 5.97 Å². The molecule has 3 heteroatoms. The quantitative estimate of drug-likeness (QED) is 0.873. The monoisotopic (exact) mass is 337 g/mol. The topological polar surface area (TPSA) is 40.5 Å². The van der Waals surface area contributed by atoms with Gasteiger partial charge in [0, 0.05) is 25.6 Å². The Morgan fingerprint density at radius 3 is 2.76 bits per heavy atom. The molecule has 3 nitrogen and oxygen atoms in total. The second kappa shape index (κ2) is 6.80. The molecule has 25 heavy (non-hydrogen) atoms. The summed E-state index contributed by atoms with van der Waals surface area (Å²) in [5.74, 6) is -0.110. The van der Waals surface area contributed by atoms with E-state index in [4.69, 9.17) is 0 Å². The Morgan fingerprint density at radius 1 is 1.28 bits per heavy atom. The summed E-state index contributed by atoms with van der Waals surface area (Å²) in [5.41, 5.74) is 5.36. The molecule has 1 aromatic rings. The van der Waals surface area contributed by atoms with Gasteiger partial charge in [0.1, 0.15) is 0 Å². The molecule has 0 radical (unpaired) electrons. The highest BCUT2D eigenvalue weighted by Crippen LogP contribution is 2.42.